The molecule has 1 aromatic heterocycles. The minimum absolute atomic E-state index is 0.000701. The van der Waals surface area contributed by atoms with Crippen LogP contribution in [0.1, 0.15) is 36.7 Å². The van der Waals surface area contributed by atoms with E-state index in [1.54, 1.807) is 20.8 Å². The highest BCUT2D eigenvalue weighted by molar-refractivity contribution is 6.09. The molecule has 10 heteroatoms. The standard InChI is InChI=1S/C21H18F3NO6/c1-4-29-20(26)18-14-9-17(30-11(2)3)15(25(27)28)10-16(14)31-19(18)12-5-7-13(8-6-12)21(22,23)24/h5-11H,4H2,1-3H3. The van der Waals surface area contributed by atoms with Gasteiger partial charge < -0.3 is 13.9 Å². The largest absolute Gasteiger partial charge is 0.484 e. The van der Waals surface area contributed by atoms with Gasteiger partial charge >= 0.3 is 17.8 Å². The molecule has 3 aromatic rings. The zero-order valence-corrected chi connectivity index (χ0v) is 16.8. The number of benzene rings is 2. The second-order valence-corrected chi connectivity index (χ2v) is 6.84. The quantitative estimate of drug-likeness (QED) is 0.267. The summed E-state index contributed by atoms with van der Waals surface area (Å²) < 4.78 is 55.0. The fourth-order valence-corrected chi connectivity index (χ4v) is 3.02. The molecule has 0 aliphatic rings. The van der Waals surface area contributed by atoms with Crippen LogP contribution in [-0.2, 0) is 10.9 Å². The Morgan fingerprint density at radius 2 is 1.84 bits per heavy atom. The van der Waals surface area contributed by atoms with Gasteiger partial charge in [0.05, 0.1) is 29.3 Å². The number of furan rings is 1. The summed E-state index contributed by atoms with van der Waals surface area (Å²) in [7, 11) is 0. The molecular weight excluding hydrogens is 419 g/mol. The van der Waals surface area contributed by atoms with E-state index in [1.165, 1.54) is 6.07 Å². The first-order valence-electron chi connectivity index (χ1n) is 9.29. The average molecular weight is 437 g/mol. The molecule has 2 aromatic carbocycles. The molecule has 0 spiro atoms. The lowest BCUT2D eigenvalue weighted by molar-refractivity contribution is -0.385. The Labute approximate surface area is 174 Å². The van der Waals surface area contributed by atoms with Crippen LogP contribution in [-0.4, -0.2) is 23.6 Å². The fraction of sp³-hybridized carbons (Fsp3) is 0.286. The number of nitro groups is 1. The van der Waals surface area contributed by atoms with Gasteiger partial charge in [-0.15, -0.1) is 0 Å². The average Bonchev–Trinajstić information content (AvgIpc) is 3.05. The van der Waals surface area contributed by atoms with Crippen molar-refractivity contribution in [3.8, 4) is 17.1 Å². The van der Waals surface area contributed by atoms with E-state index in [1.807, 2.05) is 0 Å². The summed E-state index contributed by atoms with van der Waals surface area (Å²) in [5.74, 6) is -0.906. The number of ether oxygens (including phenoxy) is 2. The summed E-state index contributed by atoms with van der Waals surface area (Å²) in [6, 6.07) is 6.44. The van der Waals surface area contributed by atoms with E-state index in [9.17, 15) is 28.1 Å². The van der Waals surface area contributed by atoms with Gasteiger partial charge in [-0.1, -0.05) is 12.1 Å². The van der Waals surface area contributed by atoms with Gasteiger partial charge in [-0.05, 0) is 39.0 Å². The molecule has 0 amide bonds. The van der Waals surface area contributed by atoms with E-state index in [-0.39, 0.29) is 52.0 Å². The van der Waals surface area contributed by atoms with Crippen molar-refractivity contribution >= 4 is 22.6 Å². The maximum Gasteiger partial charge on any atom is 0.416 e. The molecule has 0 N–H and O–H groups in total. The number of halogens is 3. The summed E-state index contributed by atoms with van der Waals surface area (Å²) in [4.78, 5) is 23.5. The Balaban J connectivity index is 2.26. The first-order valence-corrected chi connectivity index (χ1v) is 9.29. The molecule has 164 valence electrons. The van der Waals surface area contributed by atoms with Crippen molar-refractivity contribution in [3.05, 3.63) is 57.6 Å². The number of hydrogen-bond donors (Lipinski definition) is 0. The molecule has 7 nitrogen and oxygen atoms in total. The first kappa shape index (κ1) is 22.1. The van der Waals surface area contributed by atoms with E-state index < -0.39 is 22.6 Å². The monoisotopic (exact) mass is 437 g/mol. The summed E-state index contributed by atoms with van der Waals surface area (Å²) in [5.41, 5.74) is -1.11. The molecule has 31 heavy (non-hydrogen) atoms. The van der Waals surface area contributed by atoms with Gasteiger partial charge in [0.2, 0.25) is 0 Å². The minimum Gasteiger partial charge on any atom is -0.484 e. The summed E-state index contributed by atoms with van der Waals surface area (Å²) in [6.45, 7) is 5.00. The Bertz CT molecular complexity index is 1130. The molecule has 1 heterocycles. The van der Waals surface area contributed by atoms with Crippen LogP contribution >= 0.6 is 0 Å². The number of carbonyl (C=O) groups excluding carboxylic acids is 1. The molecule has 0 unspecified atom stereocenters. The smallest absolute Gasteiger partial charge is 0.416 e. The molecule has 0 aliphatic heterocycles. The number of esters is 1. The zero-order valence-electron chi connectivity index (χ0n) is 16.8. The number of fused-ring (bicyclic) bond motifs is 1. The SMILES string of the molecule is CCOC(=O)c1c(-c2ccc(C(F)(F)F)cc2)oc2cc([N+](=O)[O-])c(OC(C)C)cc12. The highest BCUT2D eigenvalue weighted by Crippen LogP contribution is 2.41. The number of nitrogens with zero attached hydrogens (tertiary/aromatic N) is 1. The van der Waals surface area contributed by atoms with E-state index in [0.29, 0.717) is 0 Å². The van der Waals surface area contributed by atoms with Crippen molar-refractivity contribution in [2.75, 3.05) is 6.61 Å². The van der Waals surface area contributed by atoms with Crippen LogP contribution in [0.5, 0.6) is 5.75 Å². The fourth-order valence-electron chi connectivity index (χ4n) is 3.02. The van der Waals surface area contributed by atoms with Crippen LogP contribution in [0.3, 0.4) is 0 Å². The maximum atomic E-state index is 12.9. The van der Waals surface area contributed by atoms with Crippen molar-refractivity contribution in [1.29, 1.82) is 0 Å². The van der Waals surface area contributed by atoms with Gasteiger partial charge in [0.25, 0.3) is 0 Å². The van der Waals surface area contributed by atoms with Gasteiger partial charge in [-0.3, -0.25) is 10.1 Å². The summed E-state index contributed by atoms with van der Waals surface area (Å²) in [5, 5.41) is 11.7. The van der Waals surface area contributed by atoms with E-state index in [0.717, 1.165) is 30.3 Å². The van der Waals surface area contributed by atoms with Gasteiger partial charge in [0.1, 0.15) is 16.9 Å². The highest BCUT2D eigenvalue weighted by Gasteiger charge is 2.31. The lowest BCUT2D eigenvalue weighted by Crippen LogP contribution is -2.08. The van der Waals surface area contributed by atoms with Crippen LogP contribution in [0.15, 0.2) is 40.8 Å². The molecule has 0 aliphatic carbocycles. The number of nitro benzene ring substituents is 1. The minimum atomic E-state index is -4.53. The normalized spacial score (nSPS) is 11.7. The second-order valence-electron chi connectivity index (χ2n) is 6.84. The Morgan fingerprint density at radius 1 is 1.19 bits per heavy atom. The molecule has 0 fully saturated rings. The predicted molar refractivity (Wildman–Crippen MR) is 105 cm³/mol. The van der Waals surface area contributed by atoms with Crippen LogP contribution in [0.2, 0.25) is 0 Å². The van der Waals surface area contributed by atoms with E-state index in [2.05, 4.69) is 0 Å². The van der Waals surface area contributed by atoms with Crippen molar-refractivity contribution in [3.63, 3.8) is 0 Å². The topological polar surface area (TPSA) is 91.8 Å². The molecule has 0 atom stereocenters. The third-order valence-corrected chi connectivity index (χ3v) is 4.28. The van der Waals surface area contributed by atoms with Crippen LogP contribution in [0, 0.1) is 10.1 Å². The van der Waals surface area contributed by atoms with Gasteiger partial charge in [-0.25, -0.2) is 4.79 Å². The molecule has 0 saturated heterocycles. The Kier molecular flexibility index (Phi) is 5.92. The van der Waals surface area contributed by atoms with Crippen molar-refractivity contribution in [1.82, 2.24) is 0 Å². The Hall–Kier alpha value is -3.56. The Morgan fingerprint density at radius 3 is 2.35 bits per heavy atom. The summed E-state index contributed by atoms with van der Waals surface area (Å²) in [6.07, 6.45) is -4.91. The lowest BCUT2D eigenvalue weighted by atomic mass is 10.0. The first-order chi connectivity index (χ1) is 14.5. The van der Waals surface area contributed by atoms with Crippen LogP contribution in [0.4, 0.5) is 18.9 Å². The second kappa shape index (κ2) is 8.29. The molecule has 3 rings (SSSR count). The predicted octanol–water partition coefficient (Wildman–Crippen LogP) is 5.99. The van der Waals surface area contributed by atoms with E-state index >= 15 is 0 Å². The third kappa shape index (κ3) is 4.47. The van der Waals surface area contributed by atoms with Gasteiger partial charge in [0, 0.05) is 10.9 Å². The third-order valence-electron chi connectivity index (χ3n) is 4.28. The zero-order chi connectivity index (χ0) is 22.9. The van der Waals surface area contributed by atoms with Crippen molar-refractivity contribution in [2.45, 2.75) is 33.1 Å². The number of carbonyl (C=O) groups is 1. The van der Waals surface area contributed by atoms with Crippen LogP contribution < -0.4 is 4.74 Å². The molecular formula is C21H18F3NO6. The van der Waals surface area contributed by atoms with Crippen molar-refractivity contribution < 1.29 is 36.8 Å². The number of alkyl halides is 3. The van der Waals surface area contributed by atoms with Crippen molar-refractivity contribution in [2.24, 2.45) is 0 Å². The lowest BCUT2D eigenvalue weighted by Gasteiger charge is -2.10. The summed E-state index contributed by atoms with van der Waals surface area (Å²) >= 11 is 0. The highest BCUT2D eigenvalue weighted by atomic mass is 19.4. The van der Waals surface area contributed by atoms with Gasteiger partial charge in [-0.2, -0.15) is 13.2 Å². The van der Waals surface area contributed by atoms with E-state index in [4.69, 9.17) is 13.9 Å². The van der Waals surface area contributed by atoms with Gasteiger partial charge in [0.15, 0.2) is 5.75 Å². The molecule has 0 bridgehead atoms. The van der Waals surface area contributed by atoms with Crippen LogP contribution in [0.25, 0.3) is 22.3 Å². The molecule has 0 radical (unpaired) electrons. The number of hydrogen-bond acceptors (Lipinski definition) is 6. The number of rotatable bonds is 6. The molecule has 0 saturated carbocycles. The maximum absolute atomic E-state index is 12.9.